The first-order valence-corrected chi connectivity index (χ1v) is 11.1. The Bertz CT molecular complexity index is 1290. The zero-order valence-electron chi connectivity index (χ0n) is 16.0. The average molecular weight is 455 g/mol. The molecule has 3 aromatic heterocycles. The maximum atomic E-state index is 13.1. The molecular formula is C21H15FN4O3S2. The molecule has 5 rings (SSSR count). The quantitative estimate of drug-likeness (QED) is 0.454. The van der Waals surface area contributed by atoms with Crippen LogP contribution in [0.1, 0.15) is 22.2 Å². The van der Waals surface area contributed by atoms with Crippen LogP contribution in [0.2, 0.25) is 0 Å². The first-order valence-electron chi connectivity index (χ1n) is 9.39. The van der Waals surface area contributed by atoms with Gasteiger partial charge in [0.05, 0.1) is 16.6 Å². The number of hydrogen-bond donors (Lipinski definition) is 0. The maximum absolute atomic E-state index is 13.1. The van der Waals surface area contributed by atoms with E-state index >= 15 is 0 Å². The van der Waals surface area contributed by atoms with Gasteiger partial charge in [-0.3, -0.25) is 4.79 Å². The molecule has 1 amide bonds. The first kappa shape index (κ1) is 19.6. The lowest BCUT2D eigenvalue weighted by Gasteiger charge is -2.20. The highest BCUT2D eigenvalue weighted by Gasteiger charge is 2.34. The van der Waals surface area contributed by atoms with E-state index in [9.17, 15) is 14.0 Å². The van der Waals surface area contributed by atoms with Crippen molar-refractivity contribution in [2.24, 2.45) is 5.10 Å². The molecule has 0 N–H and O–H groups in total. The van der Waals surface area contributed by atoms with Crippen molar-refractivity contribution < 1.29 is 13.6 Å². The molecule has 0 saturated heterocycles. The van der Waals surface area contributed by atoms with Gasteiger partial charge in [0.2, 0.25) is 5.89 Å². The Labute approximate surface area is 183 Å². The molecule has 1 aliphatic heterocycles. The zero-order valence-corrected chi connectivity index (χ0v) is 17.6. The van der Waals surface area contributed by atoms with Gasteiger partial charge >= 0.3 is 5.76 Å². The van der Waals surface area contributed by atoms with Gasteiger partial charge in [-0.05, 0) is 47.2 Å². The highest BCUT2D eigenvalue weighted by Crippen LogP contribution is 2.36. The lowest BCUT2D eigenvalue weighted by molar-refractivity contribution is -0.133. The SMILES string of the molecule is O=C(Cn1nc(-c2ccc(F)cc2)oc1=O)N1N=C(c2cccs2)C[C@@H]1c1cccs1. The summed E-state index contributed by atoms with van der Waals surface area (Å²) in [6.07, 6.45) is 0.599. The number of carbonyl (C=O) groups is 1. The summed E-state index contributed by atoms with van der Waals surface area (Å²) < 4.78 is 19.3. The highest BCUT2D eigenvalue weighted by molar-refractivity contribution is 7.12. The Morgan fingerprint density at radius 2 is 1.90 bits per heavy atom. The molecule has 1 aliphatic rings. The van der Waals surface area contributed by atoms with Crippen LogP contribution in [0.5, 0.6) is 0 Å². The van der Waals surface area contributed by atoms with E-state index in [4.69, 9.17) is 4.42 Å². The van der Waals surface area contributed by atoms with E-state index in [0.29, 0.717) is 12.0 Å². The summed E-state index contributed by atoms with van der Waals surface area (Å²) >= 11 is 3.12. The van der Waals surface area contributed by atoms with E-state index in [1.807, 2.05) is 35.0 Å². The van der Waals surface area contributed by atoms with Gasteiger partial charge in [0.1, 0.15) is 12.4 Å². The summed E-state index contributed by atoms with van der Waals surface area (Å²) in [5, 5.41) is 14.0. The second kappa shape index (κ2) is 8.05. The van der Waals surface area contributed by atoms with E-state index in [1.54, 1.807) is 22.7 Å². The number of halogens is 1. The molecule has 0 saturated carbocycles. The normalized spacial score (nSPS) is 16.0. The van der Waals surface area contributed by atoms with Crippen LogP contribution in [-0.2, 0) is 11.3 Å². The largest absolute Gasteiger partial charge is 0.437 e. The Kier molecular flexibility index (Phi) is 5.08. The molecule has 31 heavy (non-hydrogen) atoms. The fourth-order valence-corrected chi connectivity index (χ4v) is 4.88. The molecular weight excluding hydrogens is 439 g/mol. The van der Waals surface area contributed by atoms with Crippen LogP contribution in [0.4, 0.5) is 4.39 Å². The number of benzene rings is 1. The highest BCUT2D eigenvalue weighted by atomic mass is 32.1. The molecule has 4 aromatic rings. The molecule has 156 valence electrons. The number of rotatable bonds is 5. The van der Waals surface area contributed by atoms with Crippen molar-refractivity contribution in [3.8, 4) is 11.5 Å². The van der Waals surface area contributed by atoms with Gasteiger partial charge in [0.25, 0.3) is 5.91 Å². The van der Waals surface area contributed by atoms with Gasteiger partial charge in [-0.25, -0.2) is 14.2 Å². The maximum Gasteiger partial charge on any atom is 0.437 e. The number of hydrogen-bond acceptors (Lipinski definition) is 7. The van der Waals surface area contributed by atoms with Gasteiger partial charge in [-0.2, -0.15) is 9.78 Å². The van der Waals surface area contributed by atoms with Crippen molar-refractivity contribution in [2.75, 3.05) is 0 Å². The Hall–Kier alpha value is -3.37. The van der Waals surface area contributed by atoms with Crippen molar-refractivity contribution in [2.45, 2.75) is 19.0 Å². The fraction of sp³-hybridized carbons (Fsp3) is 0.143. The number of aromatic nitrogens is 2. The molecule has 7 nitrogen and oxygen atoms in total. The fourth-order valence-electron chi connectivity index (χ4n) is 3.35. The molecule has 0 aliphatic carbocycles. The minimum Gasteiger partial charge on any atom is -0.388 e. The predicted octanol–water partition coefficient (Wildman–Crippen LogP) is 4.14. The summed E-state index contributed by atoms with van der Waals surface area (Å²) in [5.41, 5.74) is 1.28. The van der Waals surface area contributed by atoms with Crippen LogP contribution in [0.15, 0.2) is 73.6 Å². The van der Waals surface area contributed by atoms with E-state index in [2.05, 4.69) is 10.2 Å². The van der Waals surface area contributed by atoms with Crippen LogP contribution in [0.3, 0.4) is 0 Å². The van der Waals surface area contributed by atoms with Crippen LogP contribution in [-0.4, -0.2) is 26.4 Å². The molecule has 0 fully saturated rings. The van der Waals surface area contributed by atoms with Crippen molar-refractivity contribution in [3.05, 3.63) is 85.4 Å². The molecule has 4 heterocycles. The minimum absolute atomic E-state index is 0.0248. The number of hydrazone groups is 1. The Balaban J connectivity index is 1.42. The number of carbonyl (C=O) groups excluding carboxylic acids is 1. The molecule has 0 spiro atoms. The number of nitrogens with zero attached hydrogens (tertiary/aromatic N) is 4. The summed E-state index contributed by atoms with van der Waals surface area (Å²) in [6, 6.07) is 13.0. The predicted molar refractivity (Wildman–Crippen MR) is 116 cm³/mol. The van der Waals surface area contributed by atoms with Gasteiger partial charge in [-0.15, -0.1) is 27.8 Å². The van der Waals surface area contributed by atoms with Crippen molar-refractivity contribution >= 4 is 34.3 Å². The average Bonchev–Trinajstić information content (AvgIpc) is 3.55. The second-order valence-electron chi connectivity index (χ2n) is 6.84. The topological polar surface area (TPSA) is 80.7 Å². The Morgan fingerprint density at radius 3 is 2.61 bits per heavy atom. The molecule has 0 unspecified atom stereocenters. The Morgan fingerprint density at radius 1 is 1.13 bits per heavy atom. The third-order valence-electron chi connectivity index (χ3n) is 4.83. The van der Waals surface area contributed by atoms with Crippen LogP contribution in [0.25, 0.3) is 11.5 Å². The summed E-state index contributed by atoms with van der Waals surface area (Å²) in [4.78, 5) is 27.4. The second-order valence-corrected chi connectivity index (χ2v) is 8.76. The first-order chi connectivity index (χ1) is 15.1. The summed E-state index contributed by atoms with van der Waals surface area (Å²) in [6.45, 7) is -0.313. The van der Waals surface area contributed by atoms with E-state index in [0.717, 1.165) is 20.1 Å². The monoisotopic (exact) mass is 454 g/mol. The number of amides is 1. The van der Waals surface area contributed by atoms with Crippen molar-refractivity contribution in [1.82, 2.24) is 14.8 Å². The van der Waals surface area contributed by atoms with Gasteiger partial charge in [-0.1, -0.05) is 12.1 Å². The van der Waals surface area contributed by atoms with Gasteiger partial charge in [0.15, 0.2) is 0 Å². The summed E-state index contributed by atoms with van der Waals surface area (Å²) in [5.74, 6) is -1.52. The molecule has 1 atom stereocenters. The third-order valence-corrected chi connectivity index (χ3v) is 6.72. The smallest absolute Gasteiger partial charge is 0.388 e. The van der Waals surface area contributed by atoms with E-state index in [-0.39, 0.29) is 24.4 Å². The van der Waals surface area contributed by atoms with Crippen LogP contribution in [0, 0.1) is 5.82 Å². The van der Waals surface area contributed by atoms with Crippen LogP contribution >= 0.6 is 22.7 Å². The molecule has 1 aromatic carbocycles. The minimum atomic E-state index is -0.762. The third kappa shape index (κ3) is 3.87. The molecule has 10 heteroatoms. The lowest BCUT2D eigenvalue weighted by atomic mass is 10.1. The van der Waals surface area contributed by atoms with Gasteiger partial charge in [0, 0.05) is 16.9 Å². The van der Waals surface area contributed by atoms with Crippen LogP contribution < -0.4 is 5.76 Å². The standard InChI is InChI=1S/C21H15FN4O3S2/c22-14-7-5-13(6-8-14)20-24-25(21(28)29-20)12-19(27)26-16(18-4-2-10-31-18)11-15(23-26)17-3-1-9-30-17/h1-10,16H,11-12H2/t16-/m1/s1. The van der Waals surface area contributed by atoms with Crippen molar-refractivity contribution in [3.63, 3.8) is 0 Å². The zero-order chi connectivity index (χ0) is 21.4. The van der Waals surface area contributed by atoms with Crippen molar-refractivity contribution in [1.29, 1.82) is 0 Å². The molecule has 0 radical (unpaired) electrons. The summed E-state index contributed by atoms with van der Waals surface area (Å²) in [7, 11) is 0. The van der Waals surface area contributed by atoms with E-state index in [1.165, 1.54) is 29.3 Å². The molecule has 0 bridgehead atoms. The van der Waals surface area contributed by atoms with Gasteiger partial charge < -0.3 is 4.42 Å². The van der Waals surface area contributed by atoms with E-state index < -0.39 is 11.6 Å². The lowest BCUT2D eigenvalue weighted by Crippen LogP contribution is -2.33. The number of thiophene rings is 2.